The van der Waals surface area contributed by atoms with E-state index in [1.807, 2.05) is 0 Å². The first kappa shape index (κ1) is 21.0. The summed E-state index contributed by atoms with van der Waals surface area (Å²) in [6.07, 6.45) is 1.64. The fourth-order valence-electron chi connectivity index (χ4n) is 3.79. The monoisotopic (exact) mass is 413 g/mol. The molecule has 2 aliphatic rings. The van der Waals surface area contributed by atoms with Gasteiger partial charge in [0.15, 0.2) is 0 Å². The number of nitro benzene ring substituents is 1. The van der Waals surface area contributed by atoms with Gasteiger partial charge in [0, 0.05) is 19.2 Å². The molecular weight excluding hydrogens is 384 g/mol. The summed E-state index contributed by atoms with van der Waals surface area (Å²) in [4.78, 5) is 12.4. The molecule has 2 aliphatic heterocycles. The maximum atomic E-state index is 12.7. The Kier molecular flexibility index (Phi) is 6.23. The molecule has 9 nitrogen and oxygen atoms in total. The third-order valence-electron chi connectivity index (χ3n) is 5.64. The van der Waals surface area contributed by atoms with Gasteiger partial charge in [-0.25, -0.2) is 8.42 Å². The van der Waals surface area contributed by atoms with Crippen LogP contribution in [0.25, 0.3) is 0 Å². The average Bonchev–Trinajstić information content (AvgIpc) is 3.22. The Morgan fingerprint density at radius 2 is 1.89 bits per heavy atom. The van der Waals surface area contributed by atoms with E-state index in [1.165, 1.54) is 27.4 Å². The van der Waals surface area contributed by atoms with Crippen LogP contribution in [0.5, 0.6) is 0 Å². The highest BCUT2D eigenvalue weighted by molar-refractivity contribution is 7.89. The molecule has 0 spiro atoms. The number of sulfonamides is 1. The zero-order valence-electron chi connectivity index (χ0n) is 16.4. The van der Waals surface area contributed by atoms with Crippen molar-refractivity contribution in [2.45, 2.75) is 37.1 Å². The highest BCUT2D eigenvalue weighted by Gasteiger charge is 2.33. The summed E-state index contributed by atoms with van der Waals surface area (Å²) in [6.45, 7) is 8.88. The second-order valence-electron chi connectivity index (χ2n) is 8.00. The minimum atomic E-state index is -3.69. The first-order valence-corrected chi connectivity index (χ1v) is 11.1. The number of hydrogen-bond acceptors (Lipinski definition) is 6. The van der Waals surface area contributed by atoms with Gasteiger partial charge in [-0.1, -0.05) is 0 Å². The van der Waals surface area contributed by atoms with Crippen molar-refractivity contribution in [1.82, 2.24) is 4.31 Å². The number of rotatable bonds is 7. The second-order valence-corrected chi connectivity index (χ2v) is 9.94. The van der Waals surface area contributed by atoms with Crippen LogP contribution in [-0.2, 0) is 14.8 Å². The van der Waals surface area contributed by atoms with E-state index in [9.17, 15) is 18.5 Å². The van der Waals surface area contributed by atoms with E-state index in [4.69, 9.17) is 4.74 Å². The van der Waals surface area contributed by atoms with Crippen molar-refractivity contribution in [2.75, 3.05) is 51.3 Å². The SMILES string of the molecule is CC(C)(CNc1ccc(S(=O)(=O)N2CCCC2)cc1[N+](=O)[O-])[NH+]1CCOCC1. The third-order valence-corrected chi connectivity index (χ3v) is 7.54. The maximum Gasteiger partial charge on any atom is 0.293 e. The van der Waals surface area contributed by atoms with Crippen molar-refractivity contribution in [3.8, 4) is 0 Å². The van der Waals surface area contributed by atoms with Crippen LogP contribution < -0.4 is 10.2 Å². The van der Waals surface area contributed by atoms with Crippen LogP contribution in [0.3, 0.4) is 0 Å². The number of quaternary nitrogens is 1. The molecule has 0 atom stereocenters. The molecule has 2 fully saturated rings. The number of hydrogen-bond donors (Lipinski definition) is 2. The quantitative estimate of drug-likeness (QED) is 0.498. The topological polar surface area (TPSA) is 106 Å². The van der Waals surface area contributed by atoms with Gasteiger partial charge in [-0.2, -0.15) is 4.31 Å². The van der Waals surface area contributed by atoms with Crippen molar-refractivity contribution >= 4 is 21.4 Å². The van der Waals surface area contributed by atoms with Gasteiger partial charge in [-0.3, -0.25) is 10.1 Å². The predicted molar refractivity (Wildman–Crippen MR) is 105 cm³/mol. The molecule has 10 heteroatoms. The maximum absolute atomic E-state index is 12.7. The molecule has 0 aliphatic carbocycles. The number of morpholine rings is 1. The van der Waals surface area contributed by atoms with E-state index in [1.54, 1.807) is 0 Å². The summed E-state index contributed by atoms with van der Waals surface area (Å²) >= 11 is 0. The van der Waals surface area contributed by atoms with Crippen molar-refractivity contribution < 1.29 is 23.0 Å². The molecule has 156 valence electrons. The Morgan fingerprint density at radius 1 is 1.25 bits per heavy atom. The number of benzene rings is 1. The predicted octanol–water partition coefficient (Wildman–Crippen LogP) is 0.485. The van der Waals surface area contributed by atoms with Crippen LogP contribution in [0.4, 0.5) is 11.4 Å². The second kappa shape index (κ2) is 8.32. The molecule has 2 heterocycles. The molecule has 0 aromatic heterocycles. The number of nitrogens with one attached hydrogen (secondary N) is 2. The van der Waals surface area contributed by atoms with E-state index in [-0.39, 0.29) is 16.1 Å². The Hall–Kier alpha value is -1.75. The van der Waals surface area contributed by atoms with Gasteiger partial charge in [-0.05, 0) is 38.8 Å². The van der Waals surface area contributed by atoms with E-state index in [2.05, 4.69) is 19.2 Å². The highest BCUT2D eigenvalue weighted by Crippen LogP contribution is 2.30. The van der Waals surface area contributed by atoms with E-state index in [0.29, 0.717) is 38.5 Å². The van der Waals surface area contributed by atoms with E-state index < -0.39 is 14.9 Å². The molecule has 0 radical (unpaired) electrons. The number of ether oxygens (including phenoxy) is 1. The van der Waals surface area contributed by atoms with Crippen molar-refractivity contribution in [1.29, 1.82) is 0 Å². The lowest BCUT2D eigenvalue weighted by Crippen LogP contribution is -3.21. The van der Waals surface area contributed by atoms with Crippen LogP contribution in [0.15, 0.2) is 23.1 Å². The van der Waals surface area contributed by atoms with Crippen molar-refractivity contribution in [2.24, 2.45) is 0 Å². The molecule has 0 unspecified atom stereocenters. The van der Waals surface area contributed by atoms with Gasteiger partial charge in [0.2, 0.25) is 10.0 Å². The Morgan fingerprint density at radius 3 is 2.50 bits per heavy atom. The van der Waals surface area contributed by atoms with Gasteiger partial charge in [0.1, 0.15) is 24.3 Å². The minimum Gasteiger partial charge on any atom is -0.373 e. The van der Waals surface area contributed by atoms with Crippen LogP contribution in [-0.4, -0.2) is 69.1 Å². The normalized spacial score (nSPS) is 19.6. The Bertz CT molecular complexity index is 815. The summed E-state index contributed by atoms with van der Waals surface area (Å²) in [7, 11) is -3.69. The summed E-state index contributed by atoms with van der Waals surface area (Å²) in [6, 6.07) is 4.13. The van der Waals surface area contributed by atoms with E-state index >= 15 is 0 Å². The zero-order valence-corrected chi connectivity index (χ0v) is 17.3. The summed E-state index contributed by atoms with van der Waals surface area (Å²) in [5.41, 5.74) is -0.0167. The summed E-state index contributed by atoms with van der Waals surface area (Å²) in [5.74, 6) is 0. The smallest absolute Gasteiger partial charge is 0.293 e. The molecule has 2 saturated heterocycles. The molecule has 1 aromatic rings. The molecule has 28 heavy (non-hydrogen) atoms. The Labute approximate surface area is 165 Å². The minimum absolute atomic E-state index is 0.0234. The first-order chi connectivity index (χ1) is 13.2. The summed E-state index contributed by atoms with van der Waals surface area (Å²) < 4.78 is 32.2. The number of nitrogens with zero attached hydrogens (tertiary/aromatic N) is 2. The fourth-order valence-corrected chi connectivity index (χ4v) is 5.32. The van der Waals surface area contributed by atoms with Gasteiger partial charge < -0.3 is 15.0 Å². The van der Waals surface area contributed by atoms with E-state index in [0.717, 1.165) is 25.9 Å². The lowest BCUT2D eigenvalue weighted by Gasteiger charge is -2.37. The molecule has 1 aromatic carbocycles. The number of anilines is 1. The molecule has 0 saturated carbocycles. The van der Waals surface area contributed by atoms with Crippen LogP contribution in [0, 0.1) is 10.1 Å². The van der Waals surface area contributed by atoms with Gasteiger partial charge in [-0.15, -0.1) is 0 Å². The standard InChI is InChI=1S/C18H28N4O5S/c1-18(2,20-9-11-27-12-10-20)14-19-16-6-5-15(13-17(16)22(23)24)28(25,26)21-7-3-4-8-21/h5-6,13,19H,3-4,7-12,14H2,1-2H3/p+1. The molecule has 0 amide bonds. The fraction of sp³-hybridized carbons (Fsp3) is 0.667. The zero-order chi connectivity index (χ0) is 20.4. The first-order valence-electron chi connectivity index (χ1n) is 9.67. The molecule has 3 rings (SSSR count). The van der Waals surface area contributed by atoms with Crippen LogP contribution in [0.1, 0.15) is 26.7 Å². The Balaban J connectivity index is 1.79. The van der Waals surface area contributed by atoms with Crippen LogP contribution in [0.2, 0.25) is 0 Å². The largest absolute Gasteiger partial charge is 0.373 e. The lowest BCUT2D eigenvalue weighted by molar-refractivity contribution is -0.953. The number of nitro groups is 1. The van der Waals surface area contributed by atoms with Gasteiger partial charge >= 0.3 is 0 Å². The van der Waals surface area contributed by atoms with Crippen molar-refractivity contribution in [3.63, 3.8) is 0 Å². The van der Waals surface area contributed by atoms with Gasteiger partial charge in [0.25, 0.3) is 5.69 Å². The molecular formula is C18H29N4O5S+. The third kappa shape index (κ3) is 4.45. The lowest BCUT2D eigenvalue weighted by atomic mass is 10.0. The van der Waals surface area contributed by atoms with Crippen LogP contribution >= 0.6 is 0 Å². The summed E-state index contributed by atoms with van der Waals surface area (Å²) in [5, 5.41) is 14.8. The molecule has 0 bridgehead atoms. The highest BCUT2D eigenvalue weighted by atomic mass is 32.2. The average molecular weight is 414 g/mol. The van der Waals surface area contributed by atoms with Gasteiger partial charge in [0.05, 0.1) is 29.6 Å². The molecule has 2 N–H and O–H groups in total. The van der Waals surface area contributed by atoms with Crippen molar-refractivity contribution in [3.05, 3.63) is 28.3 Å².